The number of carbonyl (C=O) groups excluding carboxylic acids is 3. The smallest absolute Gasteiger partial charge is 0.335 e. The van der Waals surface area contributed by atoms with Gasteiger partial charge in [0.1, 0.15) is 5.82 Å². The Hall–Kier alpha value is -3.23. The van der Waals surface area contributed by atoms with Gasteiger partial charge in [-0.25, -0.2) is 4.39 Å². The molecule has 0 fully saturated rings. The molecule has 0 N–H and O–H groups in total. The highest BCUT2D eigenvalue weighted by molar-refractivity contribution is 6.18. The Morgan fingerprint density at radius 2 is 1.40 bits per heavy atom. The average Bonchev–Trinajstić information content (AvgIpc) is 3.15. The second-order valence-corrected chi connectivity index (χ2v) is 6.42. The summed E-state index contributed by atoms with van der Waals surface area (Å²) >= 11 is 0. The molecule has 0 saturated carbocycles. The molecule has 2 rings (SSSR count). The number of halogens is 1. The summed E-state index contributed by atoms with van der Waals surface area (Å²) in [6.45, 7) is 4.97. The van der Waals surface area contributed by atoms with E-state index in [9.17, 15) is 18.8 Å². The van der Waals surface area contributed by atoms with Crippen molar-refractivity contribution in [1.82, 2.24) is 9.78 Å². The zero-order valence-electron chi connectivity index (χ0n) is 17.2. The molecule has 0 atom stereocenters. The molecule has 0 aliphatic carbocycles. The maximum absolute atomic E-state index is 13.1. The maximum Gasteiger partial charge on any atom is 0.335 e. The summed E-state index contributed by atoms with van der Waals surface area (Å²) < 4.78 is 29.7. The fourth-order valence-electron chi connectivity index (χ4n) is 2.90. The summed E-state index contributed by atoms with van der Waals surface area (Å²) in [7, 11) is 0. The number of carbonyl (C=O) groups is 3. The Bertz CT molecular complexity index is 832. The minimum absolute atomic E-state index is 0.0246. The topological polar surface area (TPSA) is 96.7 Å². The lowest BCUT2D eigenvalue weighted by atomic mass is 9.82. The Labute approximate surface area is 173 Å². The van der Waals surface area contributed by atoms with Gasteiger partial charge in [-0.3, -0.25) is 19.1 Å². The van der Waals surface area contributed by atoms with E-state index in [-0.39, 0.29) is 32.1 Å². The van der Waals surface area contributed by atoms with Gasteiger partial charge < -0.3 is 14.2 Å². The first-order valence-electron chi connectivity index (χ1n) is 9.64. The zero-order valence-corrected chi connectivity index (χ0v) is 17.2. The van der Waals surface area contributed by atoms with Crippen LogP contribution in [0.4, 0.5) is 4.39 Å². The molecule has 9 heteroatoms. The molecule has 1 aromatic heterocycles. The summed E-state index contributed by atoms with van der Waals surface area (Å²) in [4.78, 5) is 38.2. The molecule has 1 heterocycles. The first kappa shape index (κ1) is 23.1. The summed E-state index contributed by atoms with van der Waals surface area (Å²) in [6.07, 6.45) is 2.71. The monoisotopic (exact) mass is 420 g/mol. The van der Waals surface area contributed by atoms with Crippen LogP contribution in [0.25, 0.3) is 0 Å². The summed E-state index contributed by atoms with van der Waals surface area (Å²) in [5.74, 6) is -3.45. The minimum atomic E-state index is -2.29. The number of benzene rings is 1. The summed E-state index contributed by atoms with van der Waals surface area (Å²) in [5.41, 5.74) is -1.05. The van der Waals surface area contributed by atoms with Crippen LogP contribution in [0.15, 0.2) is 36.7 Å². The zero-order chi connectivity index (χ0) is 22.1. The number of hydrogen-bond donors (Lipinski definition) is 0. The molecule has 0 radical (unpaired) electrons. The highest BCUT2D eigenvalue weighted by Crippen LogP contribution is 2.29. The first-order chi connectivity index (χ1) is 14.4. The fraction of sp³-hybridized carbons (Fsp3) is 0.429. The van der Waals surface area contributed by atoms with Crippen molar-refractivity contribution in [3.8, 4) is 0 Å². The van der Waals surface area contributed by atoms with Gasteiger partial charge in [-0.15, -0.1) is 0 Å². The number of ether oxygens (including phenoxy) is 3. The Kier molecular flexibility index (Phi) is 8.08. The standard InChI is InChI=1S/C21H25FN2O6/c1-4-28-18(25)21(19(26)29-5-2,20(27)30-6-3)11-16-12-23-24(14-16)13-15-7-9-17(22)10-8-15/h7-10,12,14H,4-6,11,13H2,1-3H3. The normalized spacial score (nSPS) is 11.1. The van der Waals surface area contributed by atoms with Gasteiger partial charge in [-0.2, -0.15) is 5.10 Å². The first-order valence-corrected chi connectivity index (χ1v) is 9.64. The molecule has 0 unspecified atom stereocenters. The minimum Gasteiger partial charge on any atom is -0.465 e. The lowest BCUT2D eigenvalue weighted by molar-refractivity contribution is -0.183. The number of aromatic nitrogens is 2. The quantitative estimate of drug-likeness (QED) is 0.330. The maximum atomic E-state index is 13.1. The van der Waals surface area contributed by atoms with E-state index in [1.165, 1.54) is 18.3 Å². The number of hydrogen-bond acceptors (Lipinski definition) is 7. The van der Waals surface area contributed by atoms with E-state index >= 15 is 0 Å². The van der Waals surface area contributed by atoms with Crippen LogP contribution in [0.3, 0.4) is 0 Å². The second-order valence-electron chi connectivity index (χ2n) is 6.42. The number of nitrogens with zero attached hydrogens (tertiary/aromatic N) is 2. The van der Waals surface area contributed by atoms with Gasteiger partial charge in [0.05, 0.1) is 32.6 Å². The molecule has 0 bridgehead atoms. The molecule has 8 nitrogen and oxygen atoms in total. The van der Waals surface area contributed by atoms with Crippen molar-refractivity contribution >= 4 is 17.9 Å². The summed E-state index contributed by atoms with van der Waals surface area (Å²) in [6, 6.07) is 5.92. The predicted octanol–water partition coefficient (Wildman–Crippen LogP) is 2.29. The summed E-state index contributed by atoms with van der Waals surface area (Å²) in [5, 5.41) is 4.20. The van der Waals surface area contributed by atoms with Gasteiger partial charge in [-0.05, 0) is 44.0 Å². The van der Waals surface area contributed by atoms with Crippen molar-refractivity contribution in [3.05, 3.63) is 53.6 Å². The largest absolute Gasteiger partial charge is 0.465 e. The molecule has 162 valence electrons. The van der Waals surface area contributed by atoms with Crippen molar-refractivity contribution in [2.45, 2.75) is 33.7 Å². The van der Waals surface area contributed by atoms with Crippen LogP contribution >= 0.6 is 0 Å². The van der Waals surface area contributed by atoms with Crippen LogP contribution in [0.2, 0.25) is 0 Å². The van der Waals surface area contributed by atoms with Gasteiger partial charge >= 0.3 is 17.9 Å². The van der Waals surface area contributed by atoms with Gasteiger partial charge in [-0.1, -0.05) is 12.1 Å². The van der Waals surface area contributed by atoms with Crippen LogP contribution in [0.5, 0.6) is 0 Å². The lowest BCUT2D eigenvalue weighted by Crippen LogP contribution is -2.51. The molecule has 0 saturated heterocycles. The van der Waals surface area contributed by atoms with Crippen LogP contribution in [-0.2, 0) is 41.6 Å². The third kappa shape index (κ3) is 5.22. The molecular weight excluding hydrogens is 395 g/mol. The molecule has 30 heavy (non-hydrogen) atoms. The van der Waals surface area contributed by atoms with Crippen LogP contribution in [0, 0.1) is 11.2 Å². The van der Waals surface area contributed by atoms with Gasteiger partial charge in [0.25, 0.3) is 5.41 Å². The van der Waals surface area contributed by atoms with Crippen LogP contribution in [0.1, 0.15) is 31.9 Å². The Morgan fingerprint density at radius 3 is 1.87 bits per heavy atom. The van der Waals surface area contributed by atoms with Crippen molar-refractivity contribution in [1.29, 1.82) is 0 Å². The second kappa shape index (κ2) is 10.5. The predicted molar refractivity (Wildman–Crippen MR) is 104 cm³/mol. The number of rotatable bonds is 10. The molecule has 0 spiro atoms. The van der Waals surface area contributed by atoms with E-state index in [4.69, 9.17) is 14.2 Å². The van der Waals surface area contributed by atoms with Gasteiger partial charge in [0, 0.05) is 12.6 Å². The molecule has 0 amide bonds. The highest BCUT2D eigenvalue weighted by Gasteiger charge is 2.57. The molecule has 0 aliphatic rings. The third-order valence-electron chi connectivity index (χ3n) is 4.29. The van der Waals surface area contributed by atoms with Crippen molar-refractivity contribution < 1.29 is 33.0 Å². The van der Waals surface area contributed by atoms with Crippen molar-refractivity contribution in [3.63, 3.8) is 0 Å². The molecule has 1 aromatic carbocycles. The Balaban J connectivity index is 2.35. The lowest BCUT2D eigenvalue weighted by Gasteiger charge is -2.26. The molecular formula is C21H25FN2O6. The van der Waals surface area contributed by atoms with E-state index in [2.05, 4.69) is 5.10 Å². The van der Waals surface area contributed by atoms with E-state index in [0.717, 1.165) is 5.56 Å². The van der Waals surface area contributed by atoms with E-state index in [1.54, 1.807) is 43.8 Å². The van der Waals surface area contributed by atoms with E-state index in [0.29, 0.717) is 12.1 Å². The van der Waals surface area contributed by atoms with Crippen molar-refractivity contribution in [2.75, 3.05) is 19.8 Å². The van der Waals surface area contributed by atoms with Crippen LogP contribution < -0.4 is 0 Å². The fourth-order valence-corrected chi connectivity index (χ4v) is 2.90. The SMILES string of the molecule is CCOC(=O)C(Cc1cnn(Cc2ccc(F)cc2)c1)(C(=O)OCC)C(=O)OCC. The van der Waals surface area contributed by atoms with Crippen molar-refractivity contribution in [2.24, 2.45) is 5.41 Å². The Morgan fingerprint density at radius 1 is 0.900 bits per heavy atom. The van der Waals surface area contributed by atoms with E-state index < -0.39 is 23.3 Å². The van der Waals surface area contributed by atoms with Gasteiger partial charge in [0.2, 0.25) is 0 Å². The van der Waals surface area contributed by atoms with E-state index in [1.807, 2.05) is 0 Å². The third-order valence-corrected chi connectivity index (χ3v) is 4.29. The van der Waals surface area contributed by atoms with Gasteiger partial charge in [0.15, 0.2) is 0 Å². The highest BCUT2D eigenvalue weighted by atomic mass is 19.1. The molecule has 2 aromatic rings. The van der Waals surface area contributed by atoms with Crippen LogP contribution in [-0.4, -0.2) is 47.5 Å². The average molecular weight is 420 g/mol. The number of esters is 3. The molecule has 0 aliphatic heterocycles.